The van der Waals surface area contributed by atoms with Crippen molar-refractivity contribution >= 4 is 44.3 Å². The maximum Gasteiger partial charge on any atom is 0.262 e. The minimum atomic E-state index is -0.645. The summed E-state index contributed by atoms with van der Waals surface area (Å²) < 4.78 is 6.11. The summed E-state index contributed by atoms with van der Waals surface area (Å²) >= 11 is 3.36. The summed E-state index contributed by atoms with van der Waals surface area (Å²) in [4.78, 5) is 38.4. The zero-order valence-electron chi connectivity index (χ0n) is 15.0. The lowest BCUT2D eigenvalue weighted by atomic mass is 10.0. The zero-order valence-corrected chi connectivity index (χ0v) is 16.6. The number of rotatable bonds is 4. The quantitative estimate of drug-likeness (QED) is 0.444. The molecular weight excluding hydrogens is 434 g/mol. The molecule has 0 spiro atoms. The standard InChI is InChI=1S/C23H14BrNO4/c24-15-10-11-19(17(12-15)21(26)14-6-2-1-3-7-14)25-23(28)18-13-29-20-9-5-4-8-16(20)22(18)27/h1-13H,(H,25,28). The molecule has 142 valence electrons. The summed E-state index contributed by atoms with van der Waals surface area (Å²) in [5, 5.41) is 2.99. The number of hydrogen-bond donors (Lipinski definition) is 1. The smallest absolute Gasteiger partial charge is 0.262 e. The number of nitrogens with one attached hydrogen (secondary N) is 1. The highest BCUT2D eigenvalue weighted by Gasteiger charge is 2.19. The highest BCUT2D eigenvalue weighted by atomic mass is 79.9. The molecule has 0 radical (unpaired) electrons. The van der Waals surface area contributed by atoms with Gasteiger partial charge in [-0.15, -0.1) is 0 Å². The van der Waals surface area contributed by atoms with E-state index in [1.54, 1.807) is 66.7 Å². The zero-order chi connectivity index (χ0) is 20.4. The van der Waals surface area contributed by atoms with E-state index in [2.05, 4.69) is 21.2 Å². The molecule has 0 aliphatic carbocycles. The van der Waals surface area contributed by atoms with Gasteiger partial charge in [0.2, 0.25) is 5.43 Å². The molecule has 0 bridgehead atoms. The van der Waals surface area contributed by atoms with E-state index in [-0.39, 0.29) is 11.3 Å². The molecule has 4 rings (SSSR count). The first-order valence-electron chi connectivity index (χ1n) is 8.76. The Hall–Kier alpha value is -3.51. The fourth-order valence-electron chi connectivity index (χ4n) is 2.98. The van der Waals surface area contributed by atoms with E-state index >= 15 is 0 Å². The Kier molecular flexibility index (Phi) is 5.10. The largest absolute Gasteiger partial charge is 0.463 e. The number of hydrogen-bond acceptors (Lipinski definition) is 4. The number of fused-ring (bicyclic) bond motifs is 1. The van der Waals surface area contributed by atoms with Crippen molar-refractivity contribution in [2.45, 2.75) is 0 Å². The minimum Gasteiger partial charge on any atom is -0.463 e. The van der Waals surface area contributed by atoms with E-state index in [0.717, 1.165) is 6.26 Å². The Labute approximate surface area is 174 Å². The summed E-state index contributed by atoms with van der Waals surface area (Å²) in [5.41, 5.74) is 0.940. The highest BCUT2D eigenvalue weighted by Crippen LogP contribution is 2.24. The van der Waals surface area contributed by atoms with Crippen LogP contribution in [-0.4, -0.2) is 11.7 Å². The Morgan fingerprint density at radius 1 is 0.862 bits per heavy atom. The molecule has 1 amide bonds. The first kappa shape index (κ1) is 18.8. The molecule has 0 atom stereocenters. The third-order valence-electron chi connectivity index (χ3n) is 4.44. The van der Waals surface area contributed by atoms with Gasteiger partial charge in [0.15, 0.2) is 5.78 Å². The molecule has 6 heteroatoms. The van der Waals surface area contributed by atoms with E-state index in [9.17, 15) is 14.4 Å². The van der Waals surface area contributed by atoms with Crippen molar-refractivity contribution in [2.75, 3.05) is 5.32 Å². The second kappa shape index (κ2) is 7.85. The van der Waals surface area contributed by atoms with Crippen LogP contribution < -0.4 is 10.7 Å². The van der Waals surface area contributed by atoms with Crippen LogP contribution in [-0.2, 0) is 0 Å². The third-order valence-corrected chi connectivity index (χ3v) is 4.93. The Morgan fingerprint density at radius 3 is 2.38 bits per heavy atom. The van der Waals surface area contributed by atoms with Crippen molar-refractivity contribution < 1.29 is 14.0 Å². The van der Waals surface area contributed by atoms with Gasteiger partial charge in [-0.3, -0.25) is 14.4 Å². The maximum atomic E-state index is 12.9. The normalized spacial score (nSPS) is 10.7. The van der Waals surface area contributed by atoms with Gasteiger partial charge in [0.1, 0.15) is 17.4 Å². The van der Waals surface area contributed by atoms with Crippen molar-refractivity contribution in [1.29, 1.82) is 0 Å². The number of carbonyl (C=O) groups is 2. The lowest BCUT2D eigenvalue weighted by molar-refractivity contribution is 0.102. The van der Waals surface area contributed by atoms with Gasteiger partial charge in [0.05, 0.1) is 11.1 Å². The molecule has 29 heavy (non-hydrogen) atoms. The molecule has 0 aliphatic heterocycles. The van der Waals surface area contributed by atoms with Crippen molar-refractivity contribution in [3.8, 4) is 0 Å². The van der Waals surface area contributed by atoms with Crippen LogP contribution in [0.25, 0.3) is 11.0 Å². The molecule has 1 aromatic heterocycles. The van der Waals surface area contributed by atoms with Gasteiger partial charge in [0.25, 0.3) is 5.91 Å². The Bertz CT molecular complexity index is 1300. The number of para-hydroxylation sites is 1. The molecule has 3 aromatic carbocycles. The molecular formula is C23H14BrNO4. The van der Waals surface area contributed by atoms with E-state index in [4.69, 9.17) is 4.42 Å². The number of amides is 1. The summed E-state index contributed by atoms with van der Waals surface area (Å²) in [6.07, 6.45) is 1.14. The second-order valence-electron chi connectivity index (χ2n) is 6.31. The van der Waals surface area contributed by atoms with Crippen molar-refractivity contribution in [2.24, 2.45) is 0 Å². The lowest BCUT2D eigenvalue weighted by Gasteiger charge is -2.11. The number of ketones is 1. The number of carbonyl (C=O) groups excluding carboxylic acids is 2. The Balaban J connectivity index is 1.72. The van der Waals surface area contributed by atoms with Gasteiger partial charge >= 0.3 is 0 Å². The van der Waals surface area contributed by atoms with Crippen LogP contribution in [0.5, 0.6) is 0 Å². The lowest BCUT2D eigenvalue weighted by Crippen LogP contribution is -2.22. The summed E-state index contributed by atoms with van der Waals surface area (Å²) in [6, 6.07) is 20.4. The van der Waals surface area contributed by atoms with Gasteiger partial charge in [-0.2, -0.15) is 0 Å². The summed E-state index contributed by atoms with van der Waals surface area (Å²) in [5.74, 6) is -0.887. The van der Waals surface area contributed by atoms with E-state index in [1.165, 1.54) is 0 Å². The summed E-state index contributed by atoms with van der Waals surface area (Å²) in [6.45, 7) is 0. The van der Waals surface area contributed by atoms with Crippen LogP contribution in [0.3, 0.4) is 0 Å². The van der Waals surface area contributed by atoms with Gasteiger partial charge in [0, 0.05) is 15.6 Å². The average molecular weight is 448 g/mol. The van der Waals surface area contributed by atoms with Gasteiger partial charge in [-0.05, 0) is 30.3 Å². The van der Waals surface area contributed by atoms with Crippen LogP contribution in [0.1, 0.15) is 26.3 Å². The SMILES string of the molecule is O=C(c1ccccc1)c1cc(Br)ccc1NC(=O)c1coc2ccccc2c1=O. The molecule has 0 unspecified atom stereocenters. The third kappa shape index (κ3) is 3.75. The van der Waals surface area contributed by atoms with Crippen LogP contribution >= 0.6 is 15.9 Å². The van der Waals surface area contributed by atoms with Gasteiger partial charge < -0.3 is 9.73 Å². The van der Waals surface area contributed by atoms with Crippen LogP contribution in [0, 0.1) is 0 Å². The monoisotopic (exact) mass is 447 g/mol. The van der Waals surface area contributed by atoms with Crippen molar-refractivity contribution in [3.05, 3.63) is 110 Å². The van der Waals surface area contributed by atoms with Crippen LogP contribution in [0.4, 0.5) is 5.69 Å². The first-order chi connectivity index (χ1) is 14.0. The van der Waals surface area contributed by atoms with Gasteiger partial charge in [-0.25, -0.2) is 0 Å². The van der Waals surface area contributed by atoms with E-state index in [0.29, 0.717) is 32.3 Å². The number of halogens is 1. The first-order valence-corrected chi connectivity index (χ1v) is 9.55. The molecule has 4 aromatic rings. The van der Waals surface area contributed by atoms with Crippen LogP contribution in [0.15, 0.2) is 92.7 Å². The van der Waals surface area contributed by atoms with E-state index in [1.807, 2.05) is 6.07 Å². The molecule has 0 aliphatic rings. The fraction of sp³-hybridized carbons (Fsp3) is 0. The van der Waals surface area contributed by atoms with Gasteiger partial charge in [-0.1, -0.05) is 58.4 Å². The molecule has 0 fully saturated rings. The summed E-state index contributed by atoms with van der Waals surface area (Å²) in [7, 11) is 0. The van der Waals surface area contributed by atoms with Crippen molar-refractivity contribution in [1.82, 2.24) is 0 Å². The number of benzene rings is 3. The topological polar surface area (TPSA) is 76.4 Å². The predicted molar refractivity (Wildman–Crippen MR) is 114 cm³/mol. The van der Waals surface area contributed by atoms with E-state index < -0.39 is 11.3 Å². The molecule has 1 heterocycles. The minimum absolute atomic E-state index is 0.135. The highest BCUT2D eigenvalue weighted by molar-refractivity contribution is 9.10. The molecule has 0 saturated carbocycles. The molecule has 1 N–H and O–H groups in total. The van der Waals surface area contributed by atoms with Crippen LogP contribution in [0.2, 0.25) is 0 Å². The number of anilines is 1. The molecule has 0 saturated heterocycles. The predicted octanol–water partition coefficient (Wildman–Crippen LogP) is 5.04. The Morgan fingerprint density at radius 2 is 1.59 bits per heavy atom. The second-order valence-corrected chi connectivity index (χ2v) is 7.23. The molecule has 5 nitrogen and oxygen atoms in total. The maximum absolute atomic E-state index is 12.9. The average Bonchev–Trinajstić information content (AvgIpc) is 2.75. The van der Waals surface area contributed by atoms with Crippen molar-refractivity contribution in [3.63, 3.8) is 0 Å². The fourth-order valence-corrected chi connectivity index (χ4v) is 3.34.